The van der Waals surface area contributed by atoms with E-state index in [0.717, 1.165) is 5.69 Å². The molecular weight excluding hydrogens is 250 g/mol. The van der Waals surface area contributed by atoms with Crippen LogP contribution >= 0.6 is 0 Å². The molecule has 0 bridgehead atoms. The van der Waals surface area contributed by atoms with Crippen LogP contribution < -0.4 is 0 Å². The van der Waals surface area contributed by atoms with Gasteiger partial charge in [-0.05, 0) is 26.3 Å². The molecule has 0 N–H and O–H groups in total. The molecule has 1 aromatic rings. The number of hydrogen-bond acceptors (Lipinski definition) is 3. The fraction of sp³-hybridized carbons (Fsp3) is 0.500. The number of halogens is 2. The van der Waals surface area contributed by atoms with Crippen LogP contribution in [0.15, 0.2) is 17.3 Å². The monoisotopic (exact) mass is 264 g/mol. The van der Waals surface area contributed by atoms with Gasteiger partial charge in [0.05, 0.1) is 11.4 Å². The topological polar surface area (TPSA) is 52.0 Å². The van der Waals surface area contributed by atoms with Crippen LogP contribution in [-0.2, 0) is 16.9 Å². The van der Waals surface area contributed by atoms with E-state index in [1.165, 1.54) is 4.57 Å². The molecular formula is C10H14F2N2O2S. The maximum Gasteiger partial charge on any atom is 0.266 e. The van der Waals surface area contributed by atoms with Crippen molar-refractivity contribution in [2.45, 2.75) is 25.4 Å². The molecule has 96 valence electrons. The number of nitrogens with zero attached hydrogens (tertiary/aromatic N) is 2. The van der Waals surface area contributed by atoms with Gasteiger partial charge in [0.15, 0.2) is 0 Å². The Morgan fingerprint density at radius 1 is 1.41 bits per heavy atom. The van der Waals surface area contributed by atoms with Gasteiger partial charge >= 0.3 is 0 Å². The zero-order chi connectivity index (χ0) is 13.2. The minimum Gasteiger partial charge on any atom is -0.322 e. The molecule has 0 spiro atoms. The number of rotatable bonds is 4. The summed E-state index contributed by atoms with van der Waals surface area (Å²) in [6.45, 7) is 3.46. The molecule has 0 amide bonds. The van der Waals surface area contributed by atoms with Crippen LogP contribution in [0.25, 0.3) is 0 Å². The minimum absolute atomic E-state index is 0.0693. The molecule has 0 unspecified atom stereocenters. The third kappa shape index (κ3) is 3.12. The molecule has 1 heterocycles. The molecule has 0 radical (unpaired) electrons. The standard InChI is InChI=1S/C10H14F2N2O2S/c1-7-8(2)14(3)10(13-7)17(15,16)6-4-5-9(11)12/h5H,4,6H2,1-3H3. The van der Waals surface area contributed by atoms with Gasteiger partial charge in [-0.25, -0.2) is 13.4 Å². The van der Waals surface area contributed by atoms with E-state index in [-0.39, 0.29) is 17.3 Å². The molecule has 0 saturated carbocycles. The summed E-state index contributed by atoms with van der Waals surface area (Å²) in [4.78, 5) is 3.95. The predicted octanol–water partition coefficient (Wildman–Crippen LogP) is 1.98. The molecule has 1 rings (SSSR count). The Labute approximate surface area is 98.9 Å². The fourth-order valence-corrected chi connectivity index (χ4v) is 2.82. The third-order valence-electron chi connectivity index (χ3n) is 2.54. The van der Waals surface area contributed by atoms with E-state index in [1.54, 1.807) is 20.9 Å². The second-order valence-electron chi connectivity index (χ2n) is 3.73. The molecule has 0 aliphatic rings. The van der Waals surface area contributed by atoms with Crippen LogP contribution in [0.5, 0.6) is 0 Å². The smallest absolute Gasteiger partial charge is 0.266 e. The first-order valence-electron chi connectivity index (χ1n) is 4.99. The lowest BCUT2D eigenvalue weighted by Gasteiger charge is -2.03. The molecule has 17 heavy (non-hydrogen) atoms. The van der Waals surface area contributed by atoms with Gasteiger partial charge in [0, 0.05) is 12.7 Å². The third-order valence-corrected chi connectivity index (χ3v) is 4.24. The molecule has 0 saturated heterocycles. The average Bonchev–Trinajstić information content (AvgIpc) is 2.45. The zero-order valence-electron chi connectivity index (χ0n) is 9.87. The van der Waals surface area contributed by atoms with E-state index in [2.05, 4.69) is 4.98 Å². The SMILES string of the molecule is Cc1nc(S(=O)(=O)CCC=C(F)F)n(C)c1C. The van der Waals surface area contributed by atoms with Crippen LogP contribution in [0, 0.1) is 13.8 Å². The lowest BCUT2D eigenvalue weighted by atomic mass is 10.4. The Balaban J connectivity index is 2.98. The van der Waals surface area contributed by atoms with Gasteiger partial charge in [-0.1, -0.05) is 0 Å². The van der Waals surface area contributed by atoms with E-state index in [1.807, 2.05) is 0 Å². The van der Waals surface area contributed by atoms with Crippen LogP contribution in [0.3, 0.4) is 0 Å². The Bertz CT molecular complexity index is 543. The van der Waals surface area contributed by atoms with Gasteiger partial charge < -0.3 is 4.57 Å². The summed E-state index contributed by atoms with van der Waals surface area (Å²) in [5.74, 6) is -0.367. The minimum atomic E-state index is -3.61. The van der Waals surface area contributed by atoms with E-state index >= 15 is 0 Å². The Morgan fingerprint density at radius 3 is 2.41 bits per heavy atom. The molecule has 0 fully saturated rings. The van der Waals surface area contributed by atoms with E-state index < -0.39 is 15.9 Å². The molecule has 1 aromatic heterocycles. The van der Waals surface area contributed by atoms with Crippen LogP contribution in [0.1, 0.15) is 17.8 Å². The second kappa shape index (κ2) is 4.95. The summed E-state index contributed by atoms with van der Waals surface area (Å²) in [5, 5.41) is -0.0693. The largest absolute Gasteiger partial charge is 0.322 e. The quantitative estimate of drug-likeness (QED) is 0.835. The maximum atomic E-state index is 11.8. The van der Waals surface area contributed by atoms with Gasteiger partial charge in [0.25, 0.3) is 6.08 Å². The summed E-state index contributed by atoms with van der Waals surface area (Å²) in [7, 11) is -2.02. The van der Waals surface area contributed by atoms with Crippen molar-refractivity contribution in [3.05, 3.63) is 23.5 Å². The van der Waals surface area contributed by atoms with E-state index in [0.29, 0.717) is 11.8 Å². The van der Waals surface area contributed by atoms with Gasteiger partial charge in [-0.3, -0.25) is 0 Å². The first-order valence-corrected chi connectivity index (χ1v) is 6.64. The van der Waals surface area contributed by atoms with Crippen molar-refractivity contribution in [2.24, 2.45) is 7.05 Å². The normalized spacial score (nSPS) is 11.6. The summed E-state index contributed by atoms with van der Waals surface area (Å²) < 4.78 is 48.8. The number of sulfone groups is 1. The van der Waals surface area contributed by atoms with E-state index in [9.17, 15) is 17.2 Å². The molecule has 7 heteroatoms. The van der Waals surface area contributed by atoms with Crippen molar-refractivity contribution < 1.29 is 17.2 Å². The molecule has 0 atom stereocenters. The average molecular weight is 264 g/mol. The highest BCUT2D eigenvalue weighted by molar-refractivity contribution is 7.91. The summed E-state index contributed by atoms with van der Waals surface area (Å²) in [6.07, 6.45) is -1.48. The summed E-state index contributed by atoms with van der Waals surface area (Å²) in [6, 6.07) is 0. The summed E-state index contributed by atoms with van der Waals surface area (Å²) in [5.41, 5.74) is 1.37. The highest BCUT2D eigenvalue weighted by atomic mass is 32.2. The van der Waals surface area contributed by atoms with Gasteiger partial charge in [-0.2, -0.15) is 8.78 Å². The second-order valence-corrected chi connectivity index (χ2v) is 5.73. The van der Waals surface area contributed by atoms with Crippen LogP contribution in [0.2, 0.25) is 0 Å². The van der Waals surface area contributed by atoms with Crippen molar-refractivity contribution in [1.29, 1.82) is 0 Å². The highest BCUT2D eigenvalue weighted by Crippen LogP contribution is 2.15. The van der Waals surface area contributed by atoms with Gasteiger partial charge in [0.1, 0.15) is 0 Å². The van der Waals surface area contributed by atoms with Gasteiger partial charge in [-0.15, -0.1) is 0 Å². The van der Waals surface area contributed by atoms with Crippen molar-refractivity contribution in [2.75, 3.05) is 5.75 Å². The predicted molar refractivity (Wildman–Crippen MR) is 59.7 cm³/mol. The number of hydrogen-bond donors (Lipinski definition) is 0. The molecule has 4 nitrogen and oxygen atoms in total. The first kappa shape index (κ1) is 13.8. The van der Waals surface area contributed by atoms with Crippen molar-refractivity contribution in [3.8, 4) is 0 Å². The Kier molecular flexibility index (Phi) is 4.03. The maximum absolute atomic E-state index is 11.8. The van der Waals surface area contributed by atoms with Crippen molar-refractivity contribution in [3.63, 3.8) is 0 Å². The van der Waals surface area contributed by atoms with Gasteiger partial charge in [0.2, 0.25) is 15.0 Å². The lowest BCUT2D eigenvalue weighted by molar-refractivity contribution is 0.418. The Hall–Kier alpha value is -1.24. The molecule has 0 aliphatic carbocycles. The first-order chi connectivity index (χ1) is 7.75. The van der Waals surface area contributed by atoms with Crippen LogP contribution in [0.4, 0.5) is 8.78 Å². The Morgan fingerprint density at radius 2 is 2.00 bits per heavy atom. The molecule has 0 aromatic carbocycles. The fourth-order valence-electron chi connectivity index (χ4n) is 1.38. The zero-order valence-corrected chi connectivity index (χ0v) is 10.7. The molecule has 0 aliphatic heterocycles. The number of aryl methyl sites for hydroxylation is 1. The van der Waals surface area contributed by atoms with Crippen molar-refractivity contribution in [1.82, 2.24) is 9.55 Å². The number of aromatic nitrogens is 2. The van der Waals surface area contributed by atoms with E-state index in [4.69, 9.17) is 0 Å². The summed E-state index contributed by atoms with van der Waals surface area (Å²) >= 11 is 0. The van der Waals surface area contributed by atoms with Crippen LogP contribution in [-0.4, -0.2) is 23.7 Å². The van der Waals surface area contributed by atoms with Crippen molar-refractivity contribution >= 4 is 9.84 Å². The number of imidazole rings is 1. The number of allylic oxidation sites excluding steroid dienone is 1. The lowest BCUT2D eigenvalue weighted by Crippen LogP contribution is -2.12. The highest BCUT2D eigenvalue weighted by Gasteiger charge is 2.21.